The van der Waals surface area contributed by atoms with Crippen molar-refractivity contribution in [2.45, 2.75) is 31.2 Å². The average Bonchev–Trinajstić information content (AvgIpc) is 3.32. The number of carbonyl (C=O) groups excluding carboxylic acids is 2. The number of aromatic nitrogens is 2. The van der Waals surface area contributed by atoms with Crippen molar-refractivity contribution in [3.05, 3.63) is 35.7 Å². The van der Waals surface area contributed by atoms with Gasteiger partial charge in [0.1, 0.15) is 5.75 Å². The zero-order valence-electron chi connectivity index (χ0n) is 15.6. The topological polar surface area (TPSA) is 119 Å². The Morgan fingerprint density at radius 1 is 1.24 bits per heavy atom. The summed E-state index contributed by atoms with van der Waals surface area (Å²) in [7, 11) is -3.05. The van der Waals surface area contributed by atoms with E-state index >= 15 is 0 Å². The van der Waals surface area contributed by atoms with Crippen molar-refractivity contribution >= 4 is 33.0 Å². The predicted molar refractivity (Wildman–Crippen MR) is 105 cm³/mol. The maximum atomic E-state index is 12.8. The van der Waals surface area contributed by atoms with Crippen LogP contribution in [0.1, 0.15) is 47.4 Å². The molecule has 0 bridgehead atoms. The maximum Gasteiger partial charge on any atom is 0.276 e. The van der Waals surface area contributed by atoms with E-state index in [9.17, 15) is 18.0 Å². The highest BCUT2D eigenvalue weighted by molar-refractivity contribution is 7.91. The number of fused-ring (bicyclic) bond motifs is 1. The van der Waals surface area contributed by atoms with Crippen molar-refractivity contribution in [3.8, 4) is 5.75 Å². The second-order valence-electron chi connectivity index (χ2n) is 7.73. The first kappa shape index (κ1) is 18.2. The van der Waals surface area contributed by atoms with E-state index in [1.807, 2.05) is 0 Å². The first-order chi connectivity index (χ1) is 13.9. The molecular formula is C19H20N4O5S. The van der Waals surface area contributed by atoms with Gasteiger partial charge in [-0.15, -0.1) is 0 Å². The molecule has 10 heteroatoms. The van der Waals surface area contributed by atoms with Gasteiger partial charge >= 0.3 is 0 Å². The molecule has 2 N–H and O–H groups in total. The highest BCUT2D eigenvalue weighted by Crippen LogP contribution is 2.42. The lowest BCUT2D eigenvalue weighted by atomic mass is 10.2. The summed E-state index contributed by atoms with van der Waals surface area (Å²) in [6.07, 6.45) is 2.57. The lowest BCUT2D eigenvalue weighted by Gasteiger charge is -2.18. The highest BCUT2D eigenvalue weighted by Gasteiger charge is 2.36. The smallest absolute Gasteiger partial charge is 0.276 e. The summed E-state index contributed by atoms with van der Waals surface area (Å²) in [6.45, 7) is -0.0308. The molecule has 2 amide bonds. The molecule has 1 saturated heterocycles. The monoisotopic (exact) mass is 416 g/mol. The predicted octanol–water partition coefficient (Wildman–Crippen LogP) is 1.70. The lowest BCUT2D eigenvalue weighted by Crippen LogP contribution is -2.25. The van der Waals surface area contributed by atoms with Crippen molar-refractivity contribution in [1.29, 1.82) is 0 Å². The Morgan fingerprint density at radius 3 is 2.79 bits per heavy atom. The van der Waals surface area contributed by atoms with E-state index in [0.29, 0.717) is 29.5 Å². The summed E-state index contributed by atoms with van der Waals surface area (Å²) >= 11 is 0. The number of hydrogen-bond acceptors (Lipinski definition) is 6. The number of carbonyl (C=O) groups is 2. The molecule has 3 aliphatic rings. The second kappa shape index (κ2) is 6.58. The van der Waals surface area contributed by atoms with Gasteiger partial charge in [-0.2, -0.15) is 5.10 Å². The Hall–Kier alpha value is -2.88. The molecule has 1 aromatic heterocycles. The van der Waals surface area contributed by atoms with Crippen LogP contribution >= 0.6 is 0 Å². The zero-order valence-corrected chi connectivity index (χ0v) is 16.4. The van der Waals surface area contributed by atoms with E-state index in [0.717, 1.165) is 18.5 Å². The Labute approximate surface area is 167 Å². The molecule has 3 heterocycles. The zero-order chi connectivity index (χ0) is 20.2. The first-order valence-electron chi connectivity index (χ1n) is 9.56. The Kier molecular flexibility index (Phi) is 4.12. The molecular weight excluding hydrogens is 396 g/mol. The van der Waals surface area contributed by atoms with Gasteiger partial charge in [0.15, 0.2) is 22.1 Å². The largest absolute Gasteiger partial charge is 0.482 e. The number of amides is 2. The second-order valence-corrected chi connectivity index (χ2v) is 9.96. The number of hydrogen-bond donors (Lipinski definition) is 2. The van der Waals surface area contributed by atoms with Gasteiger partial charge in [0, 0.05) is 17.3 Å². The number of rotatable bonds is 4. The molecule has 0 spiro atoms. The molecule has 29 heavy (non-hydrogen) atoms. The SMILES string of the molecule is O=C1COc2ccc(NC(=O)c3cc(C4CC4)n([C@@H]4CCS(=O)(=O)C4)n3)cc2N1. The van der Waals surface area contributed by atoms with E-state index in [4.69, 9.17) is 4.74 Å². The van der Waals surface area contributed by atoms with Gasteiger partial charge in [-0.3, -0.25) is 14.3 Å². The third-order valence-electron chi connectivity index (χ3n) is 5.42. The fourth-order valence-electron chi connectivity index (χ4n) is 3.82. The van der Waals surface area contributed by atoms with Gasteiger partial charge in [0.2, 0.25) is 0 Å². The molecule has 0 unspecified atom stereocenters. The molecule has 1 saturated carbocycles. The van der Waals surface area contributed by atoms with Crippen molar-refractivity contribution in [2.24, 2.45) is 0 Å². The minimum absolute atomic E-state index is 0.0308. The summed E-state index contributed by atoms with van der Waals surface area (Å²) < 4.78 is 30.8. The lowest BCUT2D eigenvalue weighted by molar-refractivity contribution is -0.118. The summed E-state index contributed by atoms with van der Waals surface area (Å²) in [6, 6.07) is 6.56. The average molecular weight is 416 g/mol. The van der Waals surface area contributed by atoms with Crippen molar-refractivity contribution < 1.29 is 22.7 Å². The standard InChI is InChI=1S/C19H20N4O5S/c24-18-9-28-17-4-3-12(7-14(17)21-18)20-19(25)15-8-16(11-1-2-11)23(22-15)13-5-6-29(26,27)10-13/h3-4,7-8,11,13H,1-2,5-6,9-10H2,(H,20,25)(H,21,24)/t13-/m1/s1. The van der Waals surface area contributed by atoms with E-state index in [2.05, 4.69) is 15.7 Å². The van der Waals surface area contributed by atoms with Crippen molar-refractivity contribution in [1.82, 2.24) is 9.78 Å². The number of nitrogens with zero attached hydrogens (tertiary/aromatic N) is 2. The summed E-state index contributed by atoms with van der Waals surface area (Å²) in [5.74, 6) is 0.482. The van der Waals surface area contributed by atoms with Gasteiger partial charge in [0.25, 0.3) is 11.8 Å². The van der Waals surface area contributed by atoms with E-state index < -0.39 is 9.84 Å². The highest BCUT2D eigenvalue weighted by atomic mass is 32.2. The molecule has 152 valence electrons. The van der Waals surface area contributed by atoms with Gasteiger partial charge in [-0.1, -0.05) is 0 Å². The van der Waals surface area contributed by atoms with Crippen LogP contribution in [-0.2, 0) is 14.6 Å². The number of ether oxygens (including phenoxy) is 1. The van der Waals surface area contributed by atoms with Crippen LogP contribution in [0.3, 0.4) is 0 Å². The molecule has 9 nitrogen and oxygen atoms in total. The van der Waals surface area contributed by atoms with Crippen LogP contribution in [0.4, 0.5) is 11.4 Å². The molecule has 2 aromatic rings. The van der Waals surface area contributed by atoms with E-state index in [1.165, 1.54) is 0 Å². The van der Waals surface area contributed by atoms with Gasteiger partial charge in [-0.05, 0) is 43.5 Å². The summed E-state index contributed by atoms with van der Waals surface area (Å²) in [4.78, 5) is 24.3. The Morgan fingerprint density at radius 2 is 2.07 bits per heavy atom. The van der Waals surface area contributed by atoms with Gasteiger partial charge in [-0.25, -0.2) is 8.42 Å². The van der Waals surface area contributed by atoms with Crippen LogP contribution in [0, 0.1) is 0 Å². The molecule has 1 atom stereocenters. The molecule has 1 aliphatic carbocycles. The van der Waals surface area contributed by atoms with Crippen LogP contribution < -0.4 is 15.4 Å². The molecule has 2 fully saturated rings. The molecule has 5 rings (SSSR count). The van der Waals surface area contributed by atoms with Gasteiger partial charge in [0.05, 0.1) is 23.2 Å². The first-order valence-corrected chi connectivity index (χ1v) is 11.4. The van der Waals surface area contributed by atoms with Gasteiger partial charge < -0.3 is 15.4 Å². The fourth-order valence-corrected chi connectivity index (χ4v) is 5.51. The minimum atomic E-state index is -3.05. The third-order valence-corrected chi connectivity index (χ3v) is 7.17. The van der Waals surface area contributed by atoms with Crippen LogP contribution in [0.5, 0.6) is 5.75 Å². The molecule has 0 radical (unpaired) electrons. The third kappa shape index (κ3) is 3.59. The van der Waals surface area contributed by atoms with Crippen LogP contribution in [-0.4, -0.2) is 48.1 Å². The number of nitrogens with one attached hydrogen (secondary N) is 2. The Bertz CT molecular complexity index is 1120. The summed E-state index contributed by atoms with van der Waals surface area (Å²) in [5, 5.41) is 9.95. The molecule has 1 aromatic carbocycles. The summed E-state index contributed by atoms with van der Waals surface area (Å²) in [5.41, 5.74) is 2.20. The minimum Gasteiger partial charge on any atom is -0.482 e. The van der Waals surface area contributed by atoms with E-state index in [-0.39, 0.29) is 41.7 Å². The number of sulfone groups is 1. The van der Waals surface area contributed by atoms with Crippen LogP contribution in [0.25, 0.3) is 0 Å². The number of anilines is 2. The van der Waals surface area contributed by atoms with Crippen LogP contribution in [0.15, 0.2) is 24.3 Å². The molecule has 2 aliphatic heterocycles. The van der Waals surface area contributed by atoms with Crippen LogP contribution in [0.2, 0.25) is 0 Å². The van der Waals surface area contributed by atoms with Crippen molar-refractivity contribution in [2.75, 3.05) is 28.7 Å². The maximum absolute atomic E-state index is 12.8. The van der Waals surface area contributed by atoms with Crippen molar-refractivity contribution in [3.63, 3.8) is 0 Å². The van der Waals surface area contributed by atoms with E-state index in [1.54, 1.807) is 28.9 Å². The quantitative estimate of drug-likeness (QED) is 0.783. The fraction of sp³-hybridized carbons (Fsp3) is 0.421. The Balaban J connectivity index is 1.38. The normalized spacial score (nSPS) is 22.5. The number of benzene rings is 1.